The maximum absolute atomic E-state index is 5.15. The van der Waals surface area contributed by atoms with Gasteiger partial charge in [0.25, 0.3) is 0 Å². The molecular weight excluding hydrogens is 198 g/mol. The Morgan fingerprint density at radius 2 is 1.69 bits per heavy atom. The van der Waals surface area contributed by atoms with Crippen LogP contribution < -0.4 is 10.1 Å². The molecule has 16 heavy (non-hydrogen) atoms. The highest BCUT2D eigenvalue weighted by atomic mass is 16.5. The molecule has 1 aromatic carbocycles. The Balaban J connectivity index is 1.88. The van der Waals surface area contributed by atoms with E-state index in [1.807, 2.05) is 12.1 Å². The number of hydrogen-bond donors (Lipinski definition) is 1. The van der Waals surface area contributed by atoms with E-state index in [9.17, 15) is 0 Å². The molecule has 2 heteroatoms. The Hall–Kier alpha value is -1.18. The van der Waals surface area contributed by atoms with Crippen LogP contribution in [0.3, 0.4) is 0 Å². The molecule has 0 aromatic heterocycles. The van der Waals surface area contributed by atoms with E-state index in [0.717, 1.165) is 11.7 Å². The molecule has 0 unspecified atom stereocenters. The maximum Gasteiger partial charge on any atom is 0.119 e. The average molecular weight is 219 g/mol. The molecule has 1 aromatic rings. The Kier molecular flexibility index (Phi) is 3.70. The minimum absolute atomic E-state index is 0.657. The predicted octanol–water partition coefficient (Wildman–Crippen LogP) is 3.69. The van der Waals surface area contributed by atoms with Gasteiger partial charge in [0, 0.05) is 11.7 Å². The van der Waals surface area contributed by atoms with E-state index in [1.54, 1.807) is 7.11 Å². The van der Waals surface area contributed by atoms with Crippen molar-refractivity contribution in [1.82, 2.24) is 0 Å². The Morgan fingerprint density at radius 3 is 2.25 bits per heavy atom. The molecule has 1 saturated carbocycles. The molecule has 88 valence electrons. The van der Waals surface area contributed by atoms with Crippen LogP contribution in [-0.4, -0.2) is 13.2 Å². The van der Waals surface area contributed by atoms with Crippen LogP contribution in [0, 0.1) is 5.92 Å². The Labute approximate surface area is 98.0 Å². The zero-order valence-electron chi connectivity index (χ0n) is 10.2. The van der Waals surface area contributed by atoms with E-state index < -0.39 is 0 Å². The number of nitrogens with one attached hydrogen (secondary N) is 1. The molecule has 1 aliphatic rings. The van der Waals surface area contributed by atoms with Crippen molar-refractivity contribution in [2.45, 2.75) is 38.6 Å². The number of hydrogen-bond acceptors (Lipinski definition) is 2. The molecule has 0 heterocycles. The van der Waals surface area contributed by atoms with Gasteiger partial charge >= 0.3 is 0 Å². The summed E-state index contributed by atoms with van der Waals surface area (Å²) in [5.74, 6) is 1.83. The van der Waals surface area contributed by atoms with Crippen LogP contribution in [0.25, 0.3) is 0 Å². The van der Waals surface area contributed by atoms with E-state index in [4.69, 9.17) is 4.74 Å². The van der Waals surface area contributed by atoms with Crippen LogP contribution in [0.4, 0.5) is 5.69 Å². The normalized spacial score (nSPS) is 25.1. The van der Waals surface area contributed by atoms with Gasteiger partial charge in [0.15, 0.2) is 0 Å². The lowest BCUT2D eigenvalue weighted by Gasteiger charge is -2.27. The Bertz CT molecular complexity index is 312. The smallest absolute Gasteiger partial charge is 0.119 e. The molecule has 0 aliphatic heterocycles. The second-order valence-corrected chi connectivity index (χ2v) is 4.83. The van der Waals surface area contributed by atoms with Gasteiger partial charge in [-0.3, -0.25) is 0 Å². The quantitative estimate of drug-likeness (QED) is 0.837. The summed E-state index contributed by atoms with van der Waals surface area (Å²) >= 11 is 0. The van der Waals surface area contributed by atoms with Gasteiger partial charge in [-0.15, -0.1) is 0 Å². The van der Waals surface area contributed by atoms with Gasteiger partial charge in [-0.2, -0.15) is 0 Å². The number of anilines is 1. The average Bonchev–Trinajstić information content (AvgIpc) is 2.33. The van der Waals surface area contributed by atoms with E-state index >= 15 is 0 Å². The van der Waals surface area contributed by atoms with Gasteiger partial charge in [0.1, 0.15) is 5.75 Å². The zero-order chi connectivity index (χ0) is 11.4. The lowest BCUT2D eigenvalue weighted by atomic mass is 9.87. The van der Waals surface area contributed by atoms with Gasteiger partial charge in [0.05, 0.1) is 7.11 Å². The summed E-state index contributed by atoms with van der Waals surface area (Å²) in [5, 5.41) is 3.60. The fourth-order valence-corrected chi connectivity index (χ4v) is 2.33. The fraction of sp³-hybridized carbons (Fsp3) is 0.571. The van der Waals surface area contributed by atoms with Crippen molar-refractivity contribution in [2.75, 3.05) is 12.4 Å². The van der Waals surface area contributed by atoms with Gasteiger partial charge < -0.3 is 10.1 Å². The minimum atomic E-state index is 0.657. The van der Waals surface area contributed by atoms with Gasteiger partial charge in [0.2, 0.25) is 0 Å². The van der Waals surface area contributed by atoms with Crippen LogP contribution in [0.2, 0.25) is 0 Å². The summed E-state index contributed by atoms with van der Waals surface area (Å²) in [6.45, 7) is 2.35. The van der Waals surface area contributed by atoms with Crippen LogP contribution in [-0.2, 0) is 0 Å². The summed E-state index contributed by atoms with van der Waals surface area (Å²) in [4.78, 5) is 0. The molecule has 0 spiro atoms. The summed E-state index contributed by atoms with van der Waals surface area (Å²) < 4.78 is 5.15. The molecular formula is C14H21NO. The van der Waals surface area contributed by atoms with Crippen LogP contribution in [0.15, 0.2) is 24.3 Å². The zero-order valence-corrected chi connectivity index (χ0v) is 10.2. The fourth-order valence-electron chi connectivity index (χ4n) is 2.33. The predicted molar refractivity (Wildman–Crippen MR) is 68.0 cm³/mol. The highest BCUT2D eigenvalue weighted by molar-refractivity contribution is 5.47. The first-order chi connectivity index (χ1) is 7.78. The molecule has 0 bridgehead atoms. The van der Waals surface area contributed by atoms with Crippen molar-refractivity contribution in [3.05, 3.63) is 24.3 Å². The summed E-state index contributed by atoms with van der Waals surface area (Å²) in [5.41, 5.74) is 1.21. The van der Waals surface area contributed by atoms with Gasteiger partial charge in [-0.25, -0.2) is 0 Å². The molecule has 2 nitrogen and oxygen atoms in total. The maximum atomic E-state index is 5.15. The summed E-state index contributed by atoms with van der Waals surface area (Å²) in [6.07, 6.45) is 5.31. The molecule has 1 N–H and O–H groups in total. The third-order valence-corrected chi connectivity index (χ3v) is 3.48. The van der Waals surface area contributed by atoms with Crippen LogP contribution in [0.5, 0.6) is 5.75 Å². The third kappa shape index (κ3) is 2.91. The molecule has 0 atom stereocenters. The molecule has 0 radical (unpaired) electrons. The van der Waals surface area contributed by atoms with Crippen molar-refractivity contribution in [2.24, 2.45) is 5.92 Å². The highest BCUT2D eigenvalue weighted by Gasteiger charge is 2.17. The van der Waals surface area contributed by atoms with Gasteiger partial charge in [-0.05, 0) is 55.9 Å². The van der Waals surface area contributed by atoms with Crippen LogP contribution >= 0.6 is 0 Å². The standard InChI is InChI=1S/C14H21NO/c1-11-3-5-12(6-4-11)15-13-7-9-14(16-2)10-8-13/h7-12,15H,3-6H2,1-2H3. The summed E-state index contributed by atoms with van der Waals surface area (Å²) in [7, 11) is 1.70. The number of ether oxygens (including phenoxy) is 1. The molecule has 0 amide bonds. The molecule has 1 aliphatic carbocycles. The lowest BCUT2D eigenvalue weighted by molar-refractivity contribution is 0.361. The number of rotatable bonds is 3. The van der Waals surface area contributed by atoms with Crippen molar-refractivity contribution < 1.29 is 4.74 Å². The monoisotopic (exact) mass is 219 g/mol. The van der Waals surface area contributed by atoms with E-state index in [0.29, 0.717) is 6.04 Å². The number of benzene rings is 1. The second kappa shape index (κ2) is 5.24. The minimum Gasteiger partial charge on any atom is -0.497 e. The van der Waals surface area contributed by atoms with Crippen LogP contribution in [0.1, 0.15) is 32.6 Å². The van der Waals surface area contributed by atoms with E-state index in [1.165, 1.54) is 31.4 Å². The lowest BCUT2D eigenvalue weighted by Crippen LogP contribution is -2.25. The third-order valence-electron chi connectivity index (χ3n) is 3.48. The van der Waals surface area contributed by atoms with Crippen molar-refractivity contribution in [3.8, 4) is 5.75 Å². The highest BCUT2D eigenvalue weighted by Crippen LogP contribution is 2.26. The van der Waals surface area contributed by atoms with E-state index in [-0.39, 0.29) is 0 Å². The van der Waals surface area contributed by atoms with Crippen molar-refractivity contribution in [3.63, 3.8) is 0 Å². The SMILES string of the molecule is COc1ccc(NC2CCC(C)CC2)cc1. The molecule has 1 fully saturated rings. The topological polar surface area (TPSA) is 21.3 Å². The molecule has 0 saturated heterocycles. The van der Waals surface area contributed by atoms with Crippen molar-refractivity contribution >= 4 is 5.69 Å². The first-order valence-electron chi connectivity index (χ1n) is 6.18. The first kappa shape index (κ1) is 11.3. The molecule has 2 rings (SSSR count). The largest absolute Gasteiger partial charge is 0.497 e. The number of methoxy groups -OCH3 is 1. The van der Waals surface area contributed by atoms with Gasteiger partial charge in [-0.1, -0.05) is 6.92 Å². The second-order valence-electron chi connectivity index (χ2n) is 4.83. The summed E-state index contributed by atoms with van der Waals surface area (Å²) in [6, 6.07) is 8.86. The van der Waals surface area contributed by atoms with Crippen molar-refractivity contribution in [1.29, 1.82) is 0 Å². The Morgan fingerprint density at radius 1 is 1.06 bits per heavy atom. The first-order valence-corrected chi connectivity index (χ1v) is 6.18. The van der Waals surface area contributed by atoms with E-state index in [2.05, 4.69) is 24.4 Å².